The van der Waals surface area contributed by atoms with Crippen LogP contribution >= 0.6 is 0 Å². The zero-order chi connectivity index (χ0) is 21.8. The lowest BCUT2D eigenvalue weighted by molar-refractivity contribution is -0.134. The van der Waals surface area contributed by atoms with E-state index >= 15 is 0 Å². The molecule has 1 amide bonds. The van der Waals surface area contributed by atoms with Crippen molar-refractivity contribution in [1.29, 1.82) is 5.26 Å². The maximum atomic E-state index is 14.0. The molecule has 1 aromatic heterocycles. The first-order chi connectivity index (χ1) is 15.0. The number of pyridine rings is 1. The third kappa shape index (κ3) is 4.64. The molecule has 2 aromatic carbocycles. The summed E-state index contributed by atoms with van der Waals surface area (Å²) < 4.78 is 19.7. The number of carbonyl (C=O) groups excluding carboxylic acids is 1. The van der Waals surface area contributed by atoms with Gasteiger partial charge in [0.05, 0.1) is 5.56 Å². The minimum absolute atomic E-state index is 0.0154. The predicted octanol–water partition coefficient (Wildman–Crippen LogP) is 5.07. The number of aryl methyl sites for hydroxylation is 1. The molecule has 1 aliphatic carbocycles. The Hall–Kier alpha value is -3.92. The lowest BCUT2D eigenvalue weighted by Crippen LogP contribution is -2.36. The molecule has 0 saturated heterocycles. The number of aromatic nitrogens is 1. The highest BCUT2D eigenvalue weighted by atomic mass is 19.1. The summed E-state index contributed by atoms with van der Waals surface area (Å²) in [5, 5.41) is 8.86. The smallest absolute Gasteiger partial charge is 0.255 e. The van der Waals surface area contributed by atoms with Crippen molar-refractivity contribution in [2.45, 2.75) is 26.2 Å². The number of nitrogens with zero attached hydrogens (tertiary/aromatic N) is 2. The number of carbonyl (C=O) groups is 1. The van der Waals surface area contributed by atoms with Gasteiger partial charge in [-0.1, -0.05) is 12.5 Å². The fourth-order valence-electron chi connectivity index (χ4n) is 3.23. The summed E-state index contributed by atoms with van der Waals surface area (Å²) in [6.07, 6.45) is 4.21. The summed E-state index contributed by atoms with van der Waals surface area (Å²) in [5.41, 5.74) is 4.96. The van der Waals surface area contributed by atoms with Crippen molar-refractivity contribution in [3.8, 4) is 34.6 Å². The Morgan fingerprint density at radius 2 is 1.97 bits per heavy atom. The summed E-state index contributed by atoms with van der Waals surface area (Å²) in [4.78, 5) is 21.7. The Morgan fingerprint density at radius 3 is 2.61 bits per heavy atom. The molecule has 1 N–H and O–H groups in total. The van der Waals surface area contributed by atoms with E-state index in [1.165, 1.54) is 24.4 Å². The monoisotopic (exact) mass is 417 g/mol. The van der Waals surface area contributed by atoms with Crippen molar-refractivity contribution in [2.24, 2.45) is 5.92 Å². The molecule has 0 spiro atoms. The fourth-order valence-corrected chi connectivity index (χ4v) is 3.23. The van der Waals surface area contributed by atoms with E-state index in [0.717, 1.165) is 24.8 Å². The van der Waals surface area contributed by atoms with Crippen LogP contribution in [0.4, 0.5) is 4.39 Å². The number of benzene rings is 2. The van der Waals surface area contributed by atoms with Crippen LogP contribution in [0.1, 0.15) is 30.4 Å². The summed E-state index contributed by atoms with van der Waals surface area (Å²) in [6, 6.07) is 14.8. The second-order valence-electron chi connectivity index (χ2n) is 7.42. The zero-order valence-corrected chi connectivity index (χ0v) is 16.9. The van der Waals surface area contributed by atoms with Gasteiger partial charge in [-0.15, -0.1) is 0 Å². The Balaban J connectivity index is 1.54. The number of hydrogen-bond acceptors (Lipinski definition) is 5. The van der Waals surface area contributed by atoms with Gasteiger partial charge in [-0.2, -0.15) is 10.7 Å². The van der Waals surface area contributed by atoms with Gasteiger partial charge in [-0.05, 0) is 67.3 Å². The zero-order valence-electron chi connectivity index (χ0n) is 16.9. The second kappa shape index (κ2) is 8.84. The molecule has 1 heterocycles. The maximum absolute atomic E-state index is 14.0. The third-order valence-corrected chi connectivity index (χ3v) is 5.25. The van der Waals surface area contributed by atoms with Crippen molar-refractivity contribution in [3.05, 3.63) is 71.7 Å². The van der Waals surface area contributed by atoms with Crippen LogP contribution in [0.25, 0.3) is 11.1 Å². The van der Waals surface area contributed by atoms with Crippen molar-refractivity contribution in [2.75, 3.05) is 0 Å². The van der Waals surface area contributed by atoms with Crippen molar-refractivity contribution >= 4 is 5.91 Å². The van der Waals surface area contributed by atoms with Crippen LogP contribution < -0.4 is 15.1 Å². The topological polar surface area (TPSA) is 84.2 Å². The van der Waals surface area contributed by atoms with E-state index in [0.29, 0.717) is 34.1 Å². The molecular formula is C24H20FN3O3. The first kappa shape index (κ1) is 20.4. The van der Waals surface area contributed by atoms with Crippen LogP contribution in [-0.4, -0.2) is 10.9 Å². The number of nitriles is 1. The Morgan fingerprint density at radius 1 is 1.16 bits per heavy atom. The molecule has 0 aliphatic heterocycles. The molecule has 31 heavy (non-hydrogen) atoms. The van der Waals surface area contributed by atoms with Gasteiger partial charge in [0.1, 0.15) is 17.6 Å². The number of rotatable bonds is 6. The average molecular weight is 417 g/mol. The Kier molecular flexibility index (Phi) is 5.80. The van der Waals surface area contributed by atoms with Crippen molar-refractivity contribution < 1.29 is 18.8 Å². The van der Waals surface area contributed by atoms with Crippen molar-refractivity contribution in [3.63, 3.8) is 0 Å². The van der Waals surface area contributed by atoms with Crippen LogP contribution in [0.2, 0.25) is 0 Å². The molecule has 1 saturated carbocycles. The minimum atomic E-state index is -0.410. The van der Waals surface area contributed by atoms with Gasteiger partial charge in [0.25, 0.3) is 5.91 Å². The summed E-state index contributed by atoms with van der Waals surface area (Å²) in [5.74, 6) is 0.722. The predicted molar refractivity (Wildman–Crippen MR) is 112 cm³/mol. The second-order valence-corrected chi connectivity index (χ2v) is 7.42. The van der Waals surface area contributed by atoms with Gasteiger partial charge in [0.2, 0.25) is 5.88 Å². The maximum Gasteiger partial charge on any atom is 0.255 e. The molecule has 3 aromatic rings. The van der Waals surface area contributed by atoms with Crippen LogP contribution in [0.5, 0.6) is 17.4 Å². The van der Waals surface area contributed by atoms with E-state index in [4.69, 9.17) is 14.8 Å². The average Bonchev–Trinajstić information content (AvgIpc) is 2.73. The van der Waals surface area contributed by atoms with Gasteiger partial charge in [-0.3, -0.25) is 4.79 Å². The normalized spacial score (nSPS) is 13.1. The van der Waals surface area contributed by atoms with E-state index < -0.39 is 5.82 Å². The molecule has 1 fully saturated rings. The van der Waals surface area contributed by atoms with Gasteiger partial charge in [-0.25, -0.2) is 9.37 Å². The molecule has 0 atom stereocenters. The summed E-state index contributed by atoms with van der Waals surface area (Å²) >= 11 is 0. The van der Waals surface area contributed by atoms with Crippen LogP contribution in [0, 0.1) is 30.0 Å². The van der Waals surface area contributed by atoms with Crippen molar-refractivity contribution in [1.82, 2.24) is 10.5 Å². The molecule has 0 bridgehead atoms. The van der Waals surface area contributed by atoms with Gasteiger partial charge >= 0.3 is 0 Å². The Labute approximate surface area is 179 Å². The molecule has 0 unspecified atom stereocenters. The molecular weight excluding hydrogens is 397 g/mol. The molecule has 6 nitrogen and oxygen atoms in total. The number of hydrogen-bond donors (Lipinski definition) is 1. The van der Waals surface area contributed by atoms with Gasteiger partial charge < -0.3 is 9.57 Å². The van der Waals surface area contributed by atoms with Crippen LogP contribution in [0.3, 0.4) is 0 Å². The number of halogens is 1. The first-order valence-electron chi connectivity index (χ1n) is 9.95. The van der Waals surface area contributed by atoms with E-state index in [1.807, 2.05) is 19.1 Å². The molecule has 0 radical (unpaired) electrons. The molecule has 1 aliphatic rings. The Bertz CT molecular complexity index is 1150. The number of amides is 1. The standard InChI is InChI=1S/C24H20FN3O3/c1-15-11-18(6-8-21(15)30-23-10-5-16(13-26)14-27-23)20-12-19(25)7-9-22(20)31-28-24(29)17-3-2-4-17/h5-12,14,17H,2-4H2,1H3,(H,28,29). The number of hydroxylamine groups is 1. The van der Waals surface area contributed by atoms with Gasteiger partial charge in [0, 0.05) is 23.7 Å². The lowest BCUT2D eigenvalue weighted by atomic mass is 9.85. The van der Waals surface area contributed by atoms with Crippen LogP contribution in [-0.2, 0) is 4.79 Å². The number of nitrogens with one attached hydrogen (secondary N) is 1. The first-order valence-corrected chi connectivity index (χ1v) is 9.95. The number of ether oxygens (including phenoxy) is 1. The van der Waals surface area contributed by atoms with Gasteiger partial charge in [0.15, 0.2) is 5.75 Å². The quantitative estimate of drug-likeness (QED) is 0.566. The largest absolute Gasteiger partial charge is 0.439 e. The molecule has 7 heteroatoms. The van der Waals surface area contributed by atoms with E-state index in [9.17, 15) is 9.18 Å². The van der Waals surface area contributed by atoms with E-state index in [1.54, 1.807) is 24.3 Å². The highest BCUT2D eigenvalue weighted by Gasteiger charge is 2.25. The summed E-state index contributed by atoms with van der Waals surface area (Å²) in [6.45, 7) is 1.86. The van der Waals surface area contributed by atoms with Crippen LogP contribution in [0.15, 0.2) is 54.7 Å². The van der Waals surface area contributed by atoms with E-state index in [-0.39, 0.29) is 11.8 Å². The van der Waals surface area contributed by atoms with E-state index in [2.05, 4.69) is 10.5 Å². The molecule has 4 rings (SSSR count). The minimum Gasteiger partial charge on any atom is -0.439 e. The highest BCUT2D eigenvalue weighted by Crippen LogP contribution is 2.34. The highest BCUT2D eigenvalue weighted by molar-refractivity contribution is 5.79. The fraction of sp³-hybridized carbons (Fsp3) is 0.208. The SMILES string of the molecule is Cc1cc(-c2cc(F)ccc2ONC(=O)C2CCC2)ccc1Oc1ccc(C#N)cn1. The molecule has 156 valence electrons. The summed E-state index contributed by atoms with van der Waals surface area (Å²) in [7, 11) is 0. The third-order valence-electron chi connectivity index (χ3n) is 5.25. The lowest BCUT2D eigenvalue weighted by Gasteiger charge is -2.24.